The van der Waals surface area contributed by atoms with E-state index in [1.54, 1.807) is 6.20 Å². The molecule has 0 saturated heterocycles. The summed E-state index contributed by atoms with van der Waals surface area (Å²) in [6, 6.07) is 17.2. The van der Waals surface area contributed by atoms with Gasteiger partial charge in [0, 0.05) is 30.9 Å². The molecule has 2 aromatic carbocycles. The van der Waals surface area contributed by atoms with Crippen LogP contribution in [0.15, 0.2) is 67.0 Å². The molecule has 1 N–H and O–H groups in total. The second kappa shape index (κ2) is 8.19. The van der Waals surface area contributed by atoms with Crippen LogP contribution >= 0.6 is 11.6 Å². The number of halogens is 1. The van der Waals surface area contributed by atoms with Gasteiger partial charge >= 0.3 is 0 Å². The minimum atomic E-state index is -0.317. The normalized spacial score (nSPS) is 13.2. The fraction of sp³-hybridized carbons (Fsp3) is 0.238. The number of hydrogen-bond acceptors (Lipinski definition) is 2. The lowest BCUT2D eigenvalue weighted by Gasteiger charge is -2.20. The van der Waals surface area contributed by atoms with Crippen molar-refractivity contribution >= 4 is 17.5 Å². The predicted molar refractivity (Wildman–Crippen MR) is 104 cm³/mol. The molecular formula is C21H22ClN3O. The van der Waals surface area contributed by atoms with E-state index in [0.717, 1.165) is 17.0 Å². The number of hydrogen-bond donors (Lipinski definition) is 1. The molecule has 0 aliphatic carbocycles. The summed E-state index contributed by atoms with van der Waals surface area (Å²) in [4.78, 5) is 17.1. The van der Waals surface area contributed by atoms with Crippen LogP contribution in [-0.4, -0.2) is 15.5 Å². The third kappa shape index (κ3) is 4.33. The van der Waals surface area contributed by atoms with E-state index in [0.29, 0.717) is 11.4 Å². The Kier molecular flexibility index (Phi) is 5.74. The molecule has 1 amide bonds. The average molecular weight is 368 g/mol. The fourth-order valence-electron chi connectivity index (χ4n) is 3.00. The maximum atomic E-state index is 12.7. The van der Waals surface area contributed by atoms with Crippen LogP contribution in [0.4, 0.5) is 0 Å². The second-order valence-electron chi connectivity index (χ2n) is 6.46. The van der Waals surface area contributed by atoms with E-state index in [9.17, 15) is 4.79 Å². The van der Waals surface area contributed by atoms with Crippen LogP contribution in [0, 0.1) is 0 Å². The highest BCUT2D eigenvalue weighted by Gasteiger charge is 2.22. The highest BCUT2D eigenvalue weighted by molar-refractivity contribution is 6.30. The first-order chi connectivity index (χ1) is 12.5. The van der Waals surface area contributed by atoms with Gasteiger partial charge in [0.2, 0.25) is 5.91 Å². The maximum absolute atomic E-state index is 12.7. The SMILES string of the molecule is CC(CC(=O)NC(c1ccc(Cl)cc1)c1nccn1C)c1ccccc1. The Morgan fingerprint density at radius 2 is 1.81 bits per heavy atom. The zero-order valence-corrected chi connectivity index (χ0v) is 15.6. The number of nitrogens with zero attached hydrogens (tertiary/aromatic N) is 2. The van der Waals surface area contributed by atoms with Gasteiger partial charge in [-0.05, 0) is 29.2 Å². The molecule has 0 saturated carbocycles. The molecule has 26 heavy (non-hydrogen) atoms. The summed E-state index contributed by atoms with van der Waals surface area (Å²) in [5.74, 6) is 0.917. The first kappa shape index (κ1) is 18.2. The second-order valence-corrected chi connectivity index (χ2v) is 6.90. The van der Waals surface area contributed by atoms with Crippen molar-refractivity contribution in [3.05, 3.63) is 89.0 Å². The summed E-state index contributed by atoms with van der Waals surface area (Å²) >= 11 is 6.01. The molecule has 0 aliphatic heterocycles. The molecular weight excluding hydrogens is 346 g/mol. The van der Waals surface area contributed by atoms with Crippen LogP contribution in [0.1, 0.15) is 42.3 Å². The molecule has 2 unspecified atom stereocenters. The van der Waals surface area contributed by atoms with Crippen molar-refractivity contribution in [2.75, 3.05) is 0 Å². The topological polar surface area (TPSA) is 46.9 Å². The average Bonchev–Trinajstić information content (AvgIpc) is 3.07. The Bertz CT molecular complexity index is 858. The largest absolute Gasteiger partial charge is 0.342 e. The van der Waals surface area contributed by atoms with E-state index in [2.05, 4.69) is 17.2 Å². The summed E-state index contributed by atoms with van der Waals surface area (Å²) in [6.45, 7) is 2.06. The lowest BCUT2D eigenvalue weighted by atomic mass is 9.97. The number of benzene rings is 2. The van der Waals surface area contributed by atoms with Gasteiger partial charge in [-0.25, -0.2) is 4.98 Å². The first-order valence-corrected chi connectivity index (χ1v) is 8.99. The highest BCUT2D eigenvalue weighted by atomic mass is 35.5. The lowest BCUT2D eigenvalue weighted by Crippen LogP contribution is -2.31. The number of rotatable bonds is 6. The molecule has 1 aromatic heterocycles. The summed E-state index contributed by atoms with van der Waals surface area (Å²) in [5.41, 5.74) is 2.10. The Balaban J connectivity index is 1.78. The Labute approximate surface area is 158 Å². The summed E-state index contributed by atoms with van der Waals surface area (Å²) in [7, 11) is 1.92. The van der Waals surface area contributed by atoms with Gasteiger partial charge in [0.1, 0.15) is 11.9 Å². The predicted octanol–water partition coefficient (Wildman–Crippen LogP) is 4.47. The third-order valence-electron chi connectivity index (χ3n) is 4.49. The van der Waals surface area contributed by atoms with Crippen molar-refractivity contribution in [1.29, 1.82) is 0 Å². The van der Waals surface area contributed by atoms with Gasteiger partial charge in [-0.2, -0.15) is 0 Å². The minimum absolute atomic E-state index is 0.00990. The summed E-state index contributed by atoms with van der Waals surface area (Å²) in [5, 5.41) is 3.79. The number of amides is 1. The summed E-state index contributed by atoms with van der Waals surface area (Å²) < 4.78 is 1.92. The van der Waals surface area contributed by atoms with Crippen LogP contribution in [0.25, 0.3) is 0 Å². The van der Waals surface area contributed by atoms with Crippen molar-refractivity contribution in [1.82, 2.24) is 14.9 Å². The van der Waals surface area contributed by atoms with Gasteiger partial charge in [-0.1, -0.05) is 61.0 Å². The Hall–Kier alpha value is -2.59. The maximum Gasteiger partial charge on any atom is 0.221 e. The zero-order valence-electron chi connectivity index (χ0n) is 14.9. The molecule has 0 radical (unpaired) electrons. The smallest absolute Gasteiger partial charge is 0.221 e. The van der Waals surface area contributed by atoms with Crippen LogP contribution < -0.4 is 5.32 Å². The van der Waals surface area contributed by atoms with Crippen molar-refractivity contribution < 1.29 is 4.79 Å². The van der Waals surface area contributed by atoms with Gasteiger partial charge in [-0.3, -0.25) is 4.79 Å². The minimum Gasteiger partial charge on any atom is -0.342 e. The molecule has 2 atom stereocenters. The van der Waals surface area contributed by atoms with Crippen molar-refractivity contribution in [3.63, 3.8) is 0 Å². The van der Waals surface area contributed by atoms with E-state index in [-0.39, 0.29) is 17.9 Å². The molecule has 3 aromatic rings. The number of aryl methyl sites for hydroxylation is 1. The molecule has 5 heteroatoms. The third-order valence-corrected chi connectivity index (χ3v) is 4.74. The quantitative estimate of drug-likeness (QED) is 0.698. The van der Waals surface area contributed by atoms with Gasteiger partial charge in [0.25, 0.3) is 0 Å². The van der Waals surface area contributed by atoms with Crippen molar-refractivity contribution in [2.24, 2.45) is 7.05 Å². The van der Waals surface area contributed by atoms with Gasteiger partial charge < -0.3 is 9.88 Å². The Morgan fingerprint density at radius 3 is 2.42 bits per heavy atom. The van der Waals surface area contributed by atoms with Gasteiger partial charge in [0.05, 0.1) is 0 Å². The zero-order chi connectivity index (χ0) is 18.5. The molecule has 0 aliphatic rings. The van der Waals surface area contributed by atoms with Crippen LogP contribution in [0.5, 0.6) is 0 Å². The van der Waals surface area contributed by atoms with E-state index in [1.165, 1.54) is 0 Å². The molecule has 3 rings (SSSR count). The standard InChI is InChI=1S/C21H22ClN3O/c1-15(16-6-4-3-5-7-16)14-19(26)24-20(21-23-12-13-25(21)2)17-8-10-18(22)11-9-17/h3-13,15,20H,14H2,1-2H3,(H,24,26). The fourth-order valence-corrected chi connectivity index (χ4v) is 3.13. The van der Waals surface area contributed by atoms with E-state index in [1.807, 2.05) is 72.4 Å². The number of nitrogens with one attached hydrogen (secondary N) is 1. The summed E-state index contributed by atoms with van der Waals surface area (Å²) in [6.07, 6.45) is 4.02. The molecule has 134 valence electrons. The van der Waals surface area contributed by atoms with Crippen LogP contribution in [0.3, 0.4) is 0 Å². The van der Waals surface area contributed by atoms with Crippen LogP contribution in [-0.2, 0) is 11.8 Å². The lowest BCUT2D eigenvalue weighted by molar-refractivity contribution is -0.122. The van der Waals surface area contributed by atoms with Crippen LogP contribution in [0.2, 0.25) is 5.02 Å². The van der Waals surface area contributed by atoms with E-state index in [4.69, 9.17) is 11.6 Å². The molecule has 0 bridgehead atoms. The molecule has 0 fully saturated rings. The van der Waals surface area contributed by atoms with Gasteiger partial charge in [-0.15, -0.1) is 0 Å². The first-order valence-electron chi connectivity index (χ1n) is 8.61. The Morgan fingerprint density at radius 1 is 1.12 bits per heavy atom. The number of carbonyl (C=O) groups excluding carboxylic acids is 1. The highest BCUT2D eigenvalue weighted by Crippen LogP contribution is 2.24. The van der Waals surface area contributed by atoms with Crippen molar-refractivity contribution in [3.8, 4) is 0 Å². The molecule has 1 heterocycles. The number of aromatic nitrogens is 2. The number of carbonyl (C=O) groups is 1. The van der Waals surface area contributed by atoms with Crippen molar-refractivity contribution in [2.45, 2.75) is 25.3 Å². The van der Waals surface area contributed by atoms with E-state index >= 15 is 0 Å². The monoisotopic (exact) mass is 367 g/mol. The van der Waals surface area contributed by atoms with E-state index < -0.39 is 0 Å². The molecule has 4 nitrogen and oxygen atoms in total. The number of imidazole rings is 1. The molecule has 0 spiro atoms. The van der Waals surface area contributed by atoms with Gasteiger partial charge in [0.15, 0.2) is 0 Å².